The number of esters is 1. The number of carbonyl (C=O) groups excluding carboxylic acids is 2. The maximum Gasteiger partial charge on any atom is 0.337 e. The molecule has 7 heteroatoms. The fourth-order valence-electron chi connectivity index (χ4n) is 1.84. The Morgan fingerprint density at radius 2 is 2.09 bits per heavy atom. The lowest BCUT2D eigenvalue weighted by atomic mass is 10.2. The molecule has 23 heavy (non-hydrogen) atoms. The van der Waals surface area contributed by atoms with Crippen LogP contribution >= 0.6 is 27.3 Å². The van der Waals surface area contributed by atoms with Crippen molar-refractivity contribution < 1.29 is 19.1 Å². The van der Waals surface area contributed by atoms with Crippen LogP contribution in [0.1, 0.15) is 15.2 Å². The van der Waals surface area contributed by atoms with Gasteiger partial charge in [0, 0.05) is 11.9 Å². The van der Waals surface area contributed by atoms with Gasteiger partial charge in [-0.15, -0.1) is 11.3 Å². The Labute approximate surface area is 146 Å². The zero-order chi connectivity index (χ0) is 16.8. The molecule has 0 unspecified atom stereocenters. The monoisotopic (exact) mass is 397 g/mol. The molecule has 1 aromatic carbocycles. The number of ether oxygens (including phenoxy) is 2. The van der Waals surface area contributed by atoms with Gasteiger partial charge in [0.2, 0.25) is 0 Å². The fraction of sp³-hybridized carbons (Fsp3) is 0.250. The Morgan fingerprint density at radius 3 is 2.70 bits per heavy atom. The van der Waals surface area contributed by atoms with Crippen LogP contribution in [0.2, 0.25) is 0 Å². The highest BCUT2D eigenvalue weighted by Crippen LogP contribution is 2.26. The van der Waals surface area contributed by atoms with Crippen molar-refractivity contribution in [1.29, 1.82) is 0 Å². The zero-order valence-electron chi connectivity index (χ0n) is 12.7. The lowest BCUT2D eigenvalue weighted by Gasteiger charge is -2.17. The van der Waals surface area contributed by atoms with E-state index in [0.29, 0.717) is 22.3 Å². The van der Waals surface area contributed by atoms with Crippen molar-refractivity contribution in [1.82, 2.24) is 4.90 Å². The Bertz CT molecular complexity index is 687. The summed E-state index contributed by atoms with van der Waals surface area (Å²) in [6.45, 7) is 0.486. The Hall–Kier alpha value is -1.86. The minimum absolute atomic E-state index is 0.0714. The summed E-state index contributed by atoms with van der Waals surface area (Å²) < 4.78 is 10.8. The summed E-state index contributed by atoms with van der Waals surface area (Å²) >= 11 is 4.93. The van der Waals surface area contributed by atoms with Gasteiger partial charge in [-0.05, 0) is 45.6 Å². The molecule has 0 spiro atoms. The Kier molecular flexibility index (Phi) is 6.18. The molecule has 0 radical (unpaired) electrons. The first-order valence-corrected chi connectivity index (χ1v) is 8.45. The Balaban J connectivity index is 1.92. The molecule has 1 heterocycles. The highest BCUT2D eigenvalue weighted by Gasteiger charge is 2.13. The van der Waals surface area contributed by atoms with E-state index in [4.69, 9.17) is 4.74 Å². The molecule has 0 fully saturated rings. The normalized spacial score (nSPS) is 10.2. The third-order valence-corrected chi connectivity index (χ3v) is 4.58. The average molecular weight is 398 g/mol. The number of benzene rings is 1. The molecular weight excluding hydrogens is 382 g/mol. The highest BCUT2D eigenvalue weighted by molar-refractivity contribution is 9.10. The fourth-order valence-corrected chi connectivity index (χ4v) is 3.09. The minimum atomic E-state index is -0.427. The van der Waals surface area contributed by atoms with Crippen molar-refractivity contribution in [2.75, 3.05) is 20.8 Å². The molecule has 1 aromatic heterocycles. The molecule has 0 aliphatic heterocycles. The molecule has 2 rings (SSSR count). The lowest BCUT2D eigenvalue weighted by molar-refractivity contribution is -0.132. The number of amides is 1. The zero-order valence-corrected chi connectivity index (χ0v) is 15.1. The van der Waals surface area contributed by atoms with Gasteiger partial charge in [-0.2, -0.15) is 0 Å². The summed E-state index contributed by atoms with van der Waals surface area (Å²) in [6, 6.07) is 8.75. The van der Waals surface area contributed by atoms with Crippen LogP contribution in [0.25, 0.3) is 0 Å². The molecule has 0 bridgehead atoms. The van der Waals surface area contributed by atoms with Crippen molar-refractivity contribution in [3.05, 3.63) is 50.6 Å². The van der Waals surface area contributed by atoms with Crippen LogP contribution in [0.15, 0.2) is 40.2 Å². The summed E-state index contributed by atoms with van der Waals surface area (Å²) in [6.07, 6.45) is 0. The first-order chi connectivity index (χ1) is 11.0. The second-order valence-corrected chi connectivity index (χ2v) is 6.64. The third-order valence-electron chi connectivity index (χ3n) is 3.10. The number of hydrogen-bond donors (Lipinski definition) is 0. The van der Waals surface area contributed by atoms with Crippen molar-refractivity contribution >= 4 is 39.1 Å². The lowest BCUT2D eigenvalue weighted by Crippen LogP contribution is -2.30. The molecule has 2 aromatic rings. The molecule has 122 valence electrons. The van der Waals surface area contributed by atoms with Gasteiger partial charge >= 0.3 is 5.97 Å². The molecule has 0 aliphatic carbocycles. The number of methoxy groups -OCH3 is 1. The van der Waals surface area contributed by atoms with Crippen molar-refractivity contribution in [2.24, 2.45) is 0 Å². The van der Waals surface area contributed by atoms with E-state index in [1.165, 1.54) is 7.11 Å². The summed E-state index contributed by atoms with van der Waals surface area (Å²) in [5, 5.41) is 1.98. The summed E-state index contributed by atoms with van der Waals surface area (Å²) in [7, 11) is 3.06. The number of carbonyl (C=O) groups is 2. The van der Waals surface area contributed by atoms with Crippen LogP contribution in [-0.2, 0) is 16.1 Å². The van der Waals surface area contributed by atoms with Crippen LogP contribution in [0, 0.1) is 0 Å². The standard InChI is InChI=1S/C16H16BrNO4S/c1-18(9-12-4-3-7-23-12)15(19)10-22-14-6-5-11(8-13(14)17)16(20)21-2/h3-8H,9-10H2,1-2H3. The van der Waals surface area contributed by atoms with E-state index < -0.39 is 5.97 Å². The quantitative estimate of drug-likeness (QED) is 0.701. The van der Waals surface area contributed by atoms with Gasteiger partial charge in [0.15, 0.2) is 6.61 Å². The van der Waals surface area contributed by atoms with Crippen LogP contribution < -0.4 is 4.74 Å². The summed E-state index contributed by atoms with van der Waals surface area (Å²) in [5.41, 5.74) is 0.410. The Morgan fingerprint density at radius 1 is 1.30 bits per heavy atom. The maximum atomic E-state index is 12.1. The summed E-state index contributed by atoms with van der Waals surface area (Å²) in [4.78, 5) is 26.3. The third kappa shape index (κ3) is 4.80. The van der Waals surface area contributed by atoms with Crippen LogP contribution in [0.5, 0.6) is 5.75 Å². The number of likely N-dealkylation sites (N-methyl/N-ethyl adjacent to an activating group) is 1. The largest absolute Gasteiger partial charge is 0.483 e. The molecular formula is C16H16BrNO4S. The van der Waals surface area contributed by atoms with Crippen molar-refractivity contribution in [2.45, 2.75) is 6.54 Å². The maximum absolute atomic E-state index is 12.1. The van der Waals surface area contributed by atoms with Gasteiger partial charge in [0.1, 0.15) is 5.75 Å². The second-order valence-electron chi connectivity index (χ2n) is 4.75. The van der Waals surface area contributed by atoms with E-state index in [2.05, 4.69) is 20.7 Å². The predicted octanol–water partition coefficient (Wildman–Crippen LogP) is 3.33. The topological polar surface area (TPSA) is 55.8 Å². The summed E-state index contributed by atoms with van der Waals surface area (Å²) in [5.74, 6) is -0.0538. The first kappa shape index (κ1) is 17.5. The van der Waals surface area contributed by atoms with E-state index in [0.717, 1.165) is 4.88 Å². The predicted molar refractivity (Wildman–Crippen MR) is 91.8 cm³/mol. The van der Waals surface area contributed by atoms with Gasteiger partial charge in [0.25, 0.3) is 5.91 Å². The second kappa shape index (κ2) is 8.12. The SMILES string of the molecule is COC(=O)c1ccc(OCC(=O)N(C)Cc2cccs2)c(Br)c1. The molecule has 0 saturated heterocycles. The van der Waals surface area contributed by atoms with Gasteiger partial charge in [-0.25, -0.2) is 4.79 Å². The molecule has 0 aliphatic rings. The smallest absolute Gasteiger partial charge is 0.337 e. The minimum Gasteiger partial charge on any atom is -0.483 e. The molecule has 5 nitrogen and oxygen atoms in total. The first-order valence-electron chi connectivity index (χ1n) is 6.78. The van der Waals surface area contributed by atoms with E-state index in [9.17, 15) is 9.59 Å². The van der Waals surface area contributed by atoms with E-state index in [-0.39, 0.29) is 12.5 Å². The molecule has 0 N–H and O–H groups in total. The highest BCUT2D eigenvalue weighted by atomic mass is 79.9. The molecule has 0 atom stereocenters. The average Bonchev–Trinajstić information content (AvgIpc) is 3.05. The van der Waals surface area contributed by atoms with E-state index >= 15 is 0 Å². The molecule has 0 saturated carbocycles. The van der Waals surface area contributed by atoms with Gasteiger partial charge in [0.05, 0.1) is 23.7 Å². The van der Waals surface area contributed by atoms with Crippen LogP contribution in [0.3, 0.4) is 0 Å². The number of hydrogen-bond acceptors (Lipinski definition) is 5. The van der Waals surface area contributed by atoms with Crippen molar-refractivity contribution in [3.63, 3.8) is 0 Å². The number of thiophene rings is 1. The van der Waals surface area contributed by atoms with Crippen LogP contribution in [-0.4, -0.2) is 37.5 Å². The number of rotatable bonds is 6. The van der Waals surface area contributed by atoms with Crippen molar-refractivity contribution in [3.8, 4) is 5.75 Å². The van der Waals surface area contributed by atoms with Gasteiger partial charge < -0.3 is 14.4 Å². The molecule has 1 amide bonds. The van der Waals surface area contributed by atoms with Gasteiger partial charge in [-0.3, -0.25) is 4.79 Å². The number of halogens is 1. The van der Waals surface area contributed by atoms with Crippen LogP contribution in [0.4, 0.5) is 0 Å². The van der Waals surface area contributed by atoms with Gasteiger partial charge in [-0.1, -0.05) is 6.07 Å². The number of nitrogens with zero attached hydrogens (tertiary/aromatic N) is 1. The van der Waals surface area contributed by atoms with E-state index in [1.54, 1.807) is 41.5 Å². The van der Waals surface area contributed by atoms with E-state index in [1.807, 2.05) is 17.5 Å².